The molecule has 0 atom stereocenters. The first-order valence-corrected chi connectivity index (χ1v) is 12.5. The van der Waals surface area contributed by atoms with Crippen LogP contribution in [-0.4, -0.2) is 24.9 Å². The van der Waals surface area contributed by atoms with Crippen LogP contribution in [0.4, 0.5) is 15.8 Å². The molecule has 0 spiro atoms. The van der Waals surface area contributed by atoms with Gasteiger partial charge in [0.15, 0.2) is 17.4 Å². The third-order valence-electron chi connectivity index (χ3n) is 6.46. The molecule has 6 rings (SSSR count). The molecule has 2 heterocycles. The van der Waals surface area contributed by atoms with Gasteiger partial charge < -0.3 is 9.47 Å². The number of carbonyl (C=O) groups excluding carboxylic acids is 2. The Hall–Kier alpha value is -5.50. The Labute approximate surface area is 229 Å². The Balaban J connectivity index is 1.68. The number of amidine groups is 1. The number of cyclic esters (lactones) is 1. The van der Waals surface area contributed by atoms with E-state index < -0.39 is 17.8 Å². The molecule has 0 N–H and O–H groups in total. The molecule has 196 valence electrons. The van der Waals surface area contributed by atoms with Gasteiger partial charge in [0, 0.05) is 16.8 Å². The molecular formula is C32H22FN3O4. The minimum Gasteiger partial charge on any atom is -0.465 e. The van der Waals surface area contributed by atoms with Crippen LogP contribution in [0.1, 0.15) is 11.1 Å². The third kappa shape index (κ3) is 4.31. The summed E-state index contributed by atoms with van der Waals surface area (Å²) in [5, 5.41) is 6.58. The largest absolute Gasteiger partial charge is 0.465 e. The van der Waals surface area contributed by atoms with Crippen LogP contribution in [0.25, 0.3) is 5.76 Å². The topological polar surface area (TPSA) is 71.4 Å². The van der Waals surface area contributed by atoms with Gasteiger partial charge in [-0.2, -0.15) is 0 Å². The highest BCUT2D eigenvalue weighted by Gasteiger charge is 2.45. The summed E-state index contributed by atoms with van der Waals surface area (Å²) in [5.74, 6) is -1.20. The molecule has 4 aromatic rings. The number of benzene rings is 4. The zero-order valence-electron chi connectivity index (χ0n) is 21.3. The van der Waals surface area contributed by atoms with E-state index in [2.05, 4.69) is 0 Å². The zero-order chi connectivity index (χ0) is 27.6. The smallest absolute Gasteiger partial charge is 0.348 e. The lowest BCUT2D eigenvalue weighted by Crippen LogP contribution is -2.32. The van der Waals surface area contributed by atoms with E-state index in [0.29, 0.717) is 28.6 Å². The second-order valence-corrected chi connectivity index (χ2v) is 8.90. The van der Waals surface area contributed by atoms with Crippen LogP contribution in [0.2, 0.25) is 0 Å². The monoisotopic (exact) mass is 531 g/mol. The molecule has 8 heteroatoms. The van der Waals surface area contributed by atoms with Gasteiger partial charge in [-0.25, -0.2) is 19.0 Å². The molecule has 2 aliphatic rings. The molecule has 0 unspecified atom stereocenters. The van der Waals surface area contributed by atoms with Gasteiger partial charge in [0.2, 0.25) is 0 Å². The Kier molecular flexibility index (Phi) is 6.41. The molecule has 0 radical (unpaired) electrons. The normalized spacial score (nSPS) is 16.8. The average Bonchev–Trinajstić information content (AvgIpc) is 3.56. The van der Waals surface area contributed by atoms with E-state index in [-0.39, 0.29) is 16.9 Å². The van der Waals surface area contributed by atoms with Crippen LogP contribution in [-0.2, 0) is 19.1 Å². The lowest BCUT2D eigenvalue weighted by Gasteiger charge is -2.26. The van der Waals surface area contributed by atoms with Crippen molar-refractivity contribution in [3.05, 3.63) is 149 Å². The second kappa shape index (κ2) is 10.3. The maximum atomic E-state index is 13.7. The fourth-order valence-corrected chi connectivity index (χ4v) is 4.66. The molecule has 0 saturated heterocycles. The van der Waals surface area contributed by atoms with Gasteiger partial charge in [-0.3, -0.25) is 4.90 Å². The number of ether oxygens (including phenoxy) is 2. The van der Waals surface area contributed by atoms with Crippen molar-refractivity contribution in [2.75, 3.05) is 17.0 Å². The van der Waals surface area contributed by atoms with Gasteiger partial charge in [0.25, 0.3) is 0 Å². The predicted molar refractivity (Wildman–Crippen MR) is 149 cm³/mol. The minimum absolute atomic E-state index is 0.0199. The van der Waals surface area contributed by atoms with Crippen LogP contribution in [0.3, 0.4) is 0 Å². The predicted octanol–water partition coefficient (Wildman–Crippen LogP) is 5.87. The van der Waals surface area contributed by atoms with Crippen molar-refractivity contribution in [1.29, 1.82) is 0 Å². The Bertz CT molecular complexity index is 1680. The van der Waals surface area contributed by atoms with E-state index in [0.717, 1.165) is 5.56 Å². The third-order valence-corrected chi connectivity index (χ3v) is 6.46. The number of carbonyl (C=O) groups is 2. The van der Waals surface area contributed by atoms with Crippen LogP contribution in [0, 0.1) is 5.82 Å². The Morgan fingerprint density at radius 1 is 0.775 bits per heavy atom. The quantitative estimate of drug-likeness (QED) is 0.237. The van der Waals surface area contributed by atoms with Crippen molar-refractivity contribution < 1.29 is 23.5 Å². The number of methoxy groups -OCH3 is 1. The highest BCUT2D eigenvalue weighted by atomic mass is 19.1. The van der Waals surface area contributed by atoms with Crippen LogP contribution in [0.15, 0.2) is 137 Å². The van der Waals surface area contributed by atoms with Crippen molar-refractivity contribution in [2.24, 2.45) is 5.10 Å². The maximum absolute atomic E-state index is 13.7. The highest BCUT2D eigenvalue weighted by molar-refractivity contribution is 6.21. The van der Waals surface area contributed by atoms with Crippen LogP contribution < -0.4 is 9.91 Å². The summed E-state index contributed by atoms with van der Waals surface area (Å²) in [6.45, 7) is 0. The van der Waals surface area contributed by atoms with E-state index in [1.54, 1.807) is 5.01 Å². The lowest BCUT2D eigenvalue weighted by atomic mass is 10.0. The number of halogens is 1. The van der Waals surface area contributed by atoms with Crippen molar-refractivity contribution in [3.8, 4) is 0 Å². The summed E-state index contributed by atoms with van der Waals surface area (Å²) in [6.07, 6.45) is 0. The standard InChI is InChI=1S/C32H22FN3O4/c1-39-31(37)26-27(32(38)40-28(26)21-17-19-23(33)20-18-21)30-35(24-13-7-3-8-14-24)29(22-11-5-2-6-12-22)34-36(30)25-15-9-4-10-16-25/h2-20H,1H3/b30-27+. The molecule has 4 aromatic carbocycles. The van der Waals surface area contributed by atoms with Gasteiger partial charge >= 0.3 is 11.9 Å². The lowest BCUT2D eigenvalue weighted by molar-refractivity contribution is -0.136. The summed E-state index contributed by atoms with van der Waals surface area (Å²) in [5.41, 5.74) is 2.39. The summed E-state index contributed by atoms with van der Waals surface area (Å²) < 4.78 is 24.6. The molecule has 40 heavy (non-hydrogen) atoms. The van der Waals surface area contributed by atoms with Gasteiger partial charge in [-0.05, 0) is 48.5 Å². The second-order valence-electron chi connectivity index (χ2n) is 8.90. The first-order valence-electron chi connectivity index (χ1n) is 12.5. The molecular weight excluding hydrogens is 509 g/mol. The minimum atomic E-state index is -0.776. The molecule has 0 amide bonds. The van der Waals surface area contributed by atoms with Crippen molar-refractivity contribution in [1.82, 2.24) is 0 Å². The average molecular weight is 532 g/mol. The van der Waals surface area contributed by atoms with E-state index in [1.807, 2.05) is 95.9 Å². The fourth-order valence-electron chi connectivity index (χ4n) is 4.66. The van der Waals surface area contributed by atoms with Crippen molar-refractivity contribution in [3.63, 3.8) is 0 Å². The van der Waals surface area contributed by atoms with E-state index in [1.165, 1.54) is 31.4 Å². The van der Waals surface area contributed by atoms with Crippen molar-refractivity contribution >= 4 is 34.9 Å². The van der Waals surface area contributed by atoms with Gasteiger partial charge in [-0.15, -0.1) is 5.10 Å². The molecule has 0 fully saturated rings. The molecule has 0 saturated carbocycles. The van der Waals surface area contributed by atoms with Gasteiger partial charge in [0.1, 0.15) is 17.0 Å². The Morgan fingerprint density at radius 2 is 1.35 bits per heavy atom. The van der Waals surface area contributed by atoms with Gasteiger partial charge in [0.05, 0.1) is 12.8 Å². The van der Waals surface area contributed by atoms with Crippen LogP contribution >= 0.6 is 0 Å². The molecule has 7 nitrogen and oxygen atoms in total. The maximum Gasteiger partial charge on any atom is 0.348 e. The van der Waals surface area contributed by atoms with Gasteiger partial charge in [-0.1, -0.05) is 66.7 Å². The number of anilines is 2. The number of hydrazone groups is 1. The number of hydrogen-bond acceptors (Lipinski definition) is 7. The first-order chi connectivity index (χ1) is 19.6. The number of hydrogen-bond donors (Lipinski definition) is 0. The zero-order valence-corrected chi connectivity index (χ0v) is 21.3. The number of rotatable bonds is 5. The number of para-hydroxylation sites is 2. The fraction of sp³-hybridized carbons (Fsp3) is 0.0312. The van der Waals surface area contributed by atoms with E-state index >= 15 is 0 Å². The number of nitrogens with zero attached hydrogens (tertiary/aromatic N) is 3. The van der Waals surface area contributed by atoms with Crippen molar-refractivity contribution in [2.45, 2.75) is 0 Å². The molecule has 0 aromatic heterocycles. The number of esters is 2. The highest BCUT2D eigenvalue weighted by Crippen LogP contribution is 2.42. The van der Waals surface area contributed by atoms with E-state index in [9.17, 15) is 14.0 Å². The SMILES string of the molecule is COC(=O)C1=C(c2ccc(F)cc2)OC(=O)/C1=C1/N(c2ccccc2)N=C(c2ccccc2)N1c1ccccc1. The molecule has 2 aliphatic heterocycles. The summed E-state index contributed by atoms with van der Waals surface area (Å²) in [4.78, 5) is 28.9. The summed E-state index contributed by atoms with van der Waals surface area (Å²) in [6, 6.07) is 33.6. The van der Waals surface area contributed by atoms with Crippen LogP contribution in [0.5, 0.6) is 0 Å². The van der Waals surface area contributed by atoms with E-state index in [4.69, 9.17) is 14.6 Å². The molecule has 0 aliphatic carbocycles. The molecule has 0 bridgehead atoms. The Morgan fingerprint density at radius 3 is 1.95 bits per heavy atom. The first kappa shape index (κ1) is 24.8. The summed E-state index contributed by atoms with van der Waals surface area (Å²) in [7, 11) is 1.23. The summed E-state index contributed by atoms with van der Waals surface area (Å²) >= 11 is 0.